The van der Waals surface area contributed by atoms with E-state index in [1.165, 1.54) is 0 Å². The van der Waals surface area contributed by atoms with Gasteiger partial charge in [0.1, 0.15) is 5.60 Å². The second kappa shape index (κ2) is 7.63. The number of hydrogen-bond donors (Lipinski definition) is 2. The summed E-state index contributed by atoms with van der Waals surface area (Å²) in [5.41, 5.74) is -1.66. The molecule has 0 spiro atoms. The molecule has 144 valence electrons. The number of ether oxygens (including phenoxy) is 1. The van der Waals surface area contributed by atoms with E-state index in [9.17, 15) is 9.90 Å². The topological polar surface area (TPSA) is 58.6 Å². The highest BCUT2D eigenvalue weighted by Gasteiger charge is 2.45. The zero-order valence-corrected chi connectivity index (χ0v) is 17.8. The zero-order chi connectivity index (χ0) is 19.6. The Morgan fingerprint density at radius 1 is 0.917 bits per heavy atom. The van der Waals surface area contributed by atoms with Crippen LogP contribution in [0.25, 0.3) is 0 Å². The van der Waals surface area contributed by atoms with Crippen LogP contribution in [0.1, 0.15) is 89.0 Å². The average molecular weight is 344 g/mol. The van der Waals surface area contributed by atoms with Crippen LogP contribution in [0.3, 0.4) is 0 Å². The summed E-state index contributed by atoms with van der Waals surface area (Å²) in [7, 11) is 0. The van der Waals surface area contributed by atoms with Crippen molar-refractivity contribution in [3.8, 4) is 0 Å². The fourth-order valence-corrected chi connectivity index (χ4v) is 3.48. The number of alkyl carbamates (subject to hydrolysis) is 1. The molecule has 0 rings (SSSR count). The third kappa shape index (κ3) is 9.51. The first-order valence-electron chi connectivity index (χ1n) is 9.07. The lowest BCUT2D eigenvalue weighted by molar-refractivity contribution is -0.0725. The molecule has 0 aromatic rings. The lowest BCUT2D eigenvalue weighted by Gasteiger charge is -2.45. The van der Waals surface area contributed by atoms with Crippen LogP contribution in [-0.4, -0.2) is 28.4 Å². The van der Waals surface area contributed by atoms with Gasteiger partial charge in [0.25, 0.3) is 0 Å². The molecule has 0 bridgehead atoms. The molecule has 0 saturated carbocycles. The monoisotopic (exact) mass is 343 g/mol. The smallest absolute Gasteiger partial charge is 0.407 e. The molecule has 24 heavy (non-hydrogen) atoms. The summed E-state index contributed by atoms with van der Waals surface area (Å²) in [6.45, 7) is 22.3. The second-order valence-electron chi connectivity index (χ2n) is 10.9. The first-order valence-corrected chi connectivity index (χ1v) is 9.07. The van der Waals surface area contributed by atoms with Crippen molar-refractivity contribution < 1.29 is 14.6 Å². The minimum atomic E-state index is -0.998. The molecule has 0 aromatic carbocycles. The highest BCUT2D eigenvalue weighted by atomic mass is 16.6. The van der Waals surface area contributed by atoms with Gasteiger partial charge in [0.15, 0.2) is 0 Å². The Morgan fingerprint density at radius 2 is 1.29 bits per heavy atom. The molecule has 1 atom stereocenters. The van der Waals surface area contributed by atoms with Crippen LogP contribution in [0.15, 0.2) is 0 Å². The van der Waals surface area contributed by atoms with Gasteiger partial charge < -0.3 is 15.2 Å². The van der Waals surface area contributed by atoms with Crippen molar-refractivity contribution in [2.75, 3.05) is 0 Å². The Kier molecular flexibility index (Phi) is 7.39. The van der Waals surface area contributed by atoms with Gasteiger partial charge in [-0.15, -0.1) is 0 Å². The lowest BCUT2D eigenvalue weighted by Crippen LogP contribution is -2.58. The number of amides is 1. The van der Waals surface area contributed by atoms with Crippen molar-refractivity contribution >= 4 is 6.09 Å². The fraction of sp³-hybridized carbons (Fsp3) is 0.950. The Balaban J connectivity index is 5.58. The van der Waals surface area contributed by atoms with Gasteiger partial charge in [-0.2, -0.15) is 0 Å². The molecule has 0 aromatic heterocycles. The highest BCUT2D eigenvalue weighted by molar-refractivity contribution is 5.68. The molecule has 0 fully saturated rings. The highest BCUT2D eigenvalue weighted by Crippen LogP contribution is 2.40. The maximum Gasteiger partial charge on any atom is 0.407 e. The van der Waals surface area contributed by atoms with E-state index in [-0.39, 0.29) is 22.8 Å². The minimum Gasteiger partial charge on any atom is -0.444 e. The first-order chi connectivity index (χ1) is 10.3. The van der Waals surface area contributed by atoms with Gasteiger partial charge >= 0.3 is 6.09 Å². The predicted molar refractivity (Wildman–Crippen MR) is 101 cm³/mol. The van der Waals surface area contributed by atoms with Gasteiger partial charge in [0.05, 0.1) is 11.6 Å². The van der Waals surface area contributed by atoms with E-state index in [2.05, 4.69) is 46.9 Å². The fourth-order valence-electron chi connectivity index (χ4n) is 3.48. The van der Waals surface area contributed by atoms with E-state index >= 15 is 0 Å². The summed E-state index contributed by atoms with van der Waals surface area (Å²) in [6, 6.07) is -0.370. The van der Waals surface area contributed by atoms with Gasteiger partial charge in [0, 0.05) is 0 Å². The lowest BCUT2D eigenvalue weighted by atomic mass is 9.68. The first kappa shape index (κ1) is 23.2. The number of carbonyl (C=O) groups excluding carboxylic acids is 1. The van der Waals surface area contributed by atoms with Crippen LogP contribution in [-0.2, 0) is 4.74 Å². The van der Waals surface area contributed by atoms with Gasteiger partial charge in [-0.3, -0.25) is 0 Å². The number of carbonyl (C=O) groups is 1. The molecule has 0 saturated heterocycles. The molecule has 1 amide bonds. The molecular weight excluding hydrogens is 302 g/mol. The van der Waals surface area contributed by atoms with Crippen LogP contribution in [0.5, 0.6) is 0 Å². The standard InChI is InChI=1S/C20H41NO3/c1-14(2)15(21-16(22)24-19(9,10)11)20(23,12-17(3,4)5)13-18(6,7)8/h14-15,23H,12-13H2,1-11H3,(H,21,22)/t15-/m0/s1. The largest absolute Gasteiger partial charge is 0.444 e. The molecular formula is C20H41NO3. The quantitative estimate of drug-likeness (QED) is 0.726. The van der Waals surface area contributed by atoms with Crippen LogP contribution < -0.4 is 5.32 Å². The maximum absolute atomic E-state index is 12.3. The number of hydrogen-bond acceptors (Lipinski definition) is 3. The Bertz CT molecular complexity index is 392. The summed E-state index contributed by atoms with van der Waals surface area (Å²) in [4.78, 5) is 12.3. The van der Waals surface area contributed by atoms with E-state index in [0.29, 0.717) is 12.8 Å². The van der Waals surface area contributed by atoms with E-state index < -0.39 is 17.3 Å². The van der Waals surface area contributed by atoms with E-state index in [0.717, 1.165) is 0 Å². The molecule has 2 N–H and O–H groups in total. The van der Waals surface area contributed by atoms with Crippen molar-refractivity contribution in [3.63, 3.8) is 0 Å². The molecule has 4 heteroatoms. The predicted octanol–water partition coefficient (Wildman–Crippen LogP) is 5.14. The summed E-state index contributed by atoms with van der Waals surface area (Å²) in [5, 5.41) is 14.5. The van der Waals surface area contributed by atoms with E-state index in [4.69, 9.17) is 4.74 Å². The summed E-state index contributed by atoms with van der Waals surface area (Å²) in [6.07, 6.45) is 0.744. The third-order valence-electron chi connectivity index (χ3n) is 3.59. The molecule has 4 nitrogen and oxygen atoms in total. The van der Waals surface area contributed by atoms with Gasteiger partial charge in [-0.05, 0) is 50.4 Å². The zero-order valence-electron chi connectivity index (χ0n) is 17.8. The van der Waals surface area contributed by atoms with Gasteiger partial charge in [-0.1, -0.05) is 55.4 Å². The molecule has 0 aliphatic rings. The SMILES string of the molecule is CC(C)[C@H](NC(=O)OC(C)(C)C)C(O)(CC(C)(C)C)CC(C)(C)C. The maximum atomic E-state index is 12.3. The van der Waals surface area contributed by atoms with Crippen LogP contribution in [0, 0.1) is 16.7 Å². The summed E-state index contributed by atoms with van der Waals surface area (Å²) in [5.74, 6) is 0.0900. The second-order valence-corrected chi connectivity index (χ2v) is 10.9. The number of nitrogens with one attached hydrogen (secondary N) is 1. The summed E-state index contributed by atoms with van der Waals surface area (Å²) < 4.78 is 5.41. The average Bonchev–Trinajstić information content (AvgIpc) is 2.16. The van der Waals surface area contributed by atoms with Crippen LogP contribution >= 0.6 is 0 Å². The molecule has 0 radical (unpaired) electrons. The number of rotatable bonds is 5. The Morgan fingerprint density at radius 3 is 1.54 bits per heavy atom. The van der Waals surface area contributed by atoms with E-state index in [1.54, 1.807) is 0 Å². The number of aliphatic hydroxyl groups is 1. The van der Waals surface area contributed by atoms with Crippen molar-refractivity contribution in [3.05, 3.63) is 0 Å². The molecule has 0 aliphatic carbocycles. The molecule has 0 heterocycles. The molecule has 0 unspecified atom stereocenters. The van der Waals surface area contributed by atoms with Gasteiger partial charge in [0.2, 0.25) is 0 Å². The van der Waals surface area contributed by atoms with Crippen LogP contribution in [0.4, 0.5) is 4.79 Å². The van der Waals surface area contributed by atoms with Crippen molar-refractivity contribution in [2.45, 2.75) is 106 Å². The van der Waals surface area contributed by atoms with Gasteiger partial charge in [-0.25, -0.2) is 4.79 Å². The van der Waals surface area contributed by atoms with Crippen molar-refractivity contribution in [1.82, 2.24) is 5.32 Å². The van der Waals surface area contributed by atoms with Crippen molar-refractivity contribution in [1.29, 1.82) is 0 Å². The molecule has 0 aliphatic heterocycles. The minimum absolute atomic E-state index is 0.0528. The Hall–Kier alpha value is -0.770. The van der Waals surface area contributed by atoms with Crippen LogP contribution in [0.2, 0.25) is 0 Å². The normalized spacial score (nSPS) is 15.4. The van der Waals surface area contributed by atoms with E-state index in [1.807, 2.05) is 34.6 Å². The third-order valence-corrected chi connectivity index (χ3v) is 3.59. The Labute approximate surface area is 149 Å². The van der Waals surface area contributed by atoms with Crippen molar-refractivity contribution in [2.24, 2.45) is 16.7 Å². The summed E-state index contributed by atoms with van der Waals surface area (Å²) >= 11 is 0.